The minimum absolute atomic E-state index is 0.0432. The van der Waals surface area contributed by atoms with Crippen molar-refractivity contribution in [1.29, 1.82) is 5.26 Å². The van der Waals surface area contributed by atoms with Crippen LogP contribution in [0, 0.1) is 18.3 Å². The summed E-state index contributed by atoms with van der Waals surface area (Å²) in [6.07, 6.45) is -2.97. The average Bonchev–Trinajstić information content (AvgIpc) is 2.27. The Morgan fingerprint density at radius 3 is 2.56 bits per heavy atom. The molecule has 0 radical (unpaired) electrons. The zero-order valence-electron chi connectivity index (χ0n) is 8.58. The summed E-state index contributed by atoms with van der Waals surface area (Å²) < 4.78 is 0. The van der Waals surface area contributed by atoms with Gasteiger partial charge in [-0.1, -0.05) is 12.1 Å². The fraction of sp³-hybridized carbons (Fsp3) is 0.273. The number of carboxylic acids is 1. The molecule has 2 unspecified atom stereocenters. The number of aliphatic hydroxyl groups excluding tert-OH is 2. The molecule has 0 amide bonds. The maximum absolute atomic E-state index is 10.8. The molecule has 5 nitrogen and oxygen atoms in total. The maximum atomic E-state index is 10.8. The van der Waals surface area contributed by atoms with E-state index in [1.807, 2.05) is 0 Å². The molecule has 0 aliphatic rings. The van der Waals surface area contributed by atoms with Gasteiger partial charge in [0.15, 0.2) is 6.10 Å². The van der Waals surface area contributed by atoms with Crippen molar-refractivity contribution in [3.05, 3.63) is 34.9 Å². The van der Waals surface area contributed by atoms with Crippen LogP contribution < -0.4 is 0 Å². The van der Waals surface area contributed by atoms with Gasteiger partial charge in [-0.05, 0) is 24.1 Å². The minimum atomic E-state index is -1.57. The molecule has 3 N–H and O–H groups in total. The molecule has 1 aromatic carbocycles. The van der Waals surface area contributed by atoms with Crippen LogP contribution in [0.3, 0.4) is 0 Å². The highest BCUT2D eigenvalue weighted by Gasteiger charge is 2.21. The molecule has 5 heteroatoms. The standard InChI is InChI=1S/C11H11NO4/c1-6-7(10(14)9(13)5-12)3-2-4-8(6)11(15)16/h2-4,9-10,13-14H,1H3,(H,15,16). The first-order chi connectivity index (χ1) is 7.49. The van der Waals surface area contributed by atoms with Crippen molar-refractivity contribution in [2.24, 2.45) is 0 Å². The molecule has 0 saturated carbocycles. The van der Waals surface area contributed by atoms with Crippen molar-refractivity contribution >= 4 is 5.97 Å². The predicted octanol–water partition coefficient (Wildman–Crippen LogP) is 0.611. The van der Waals surface area contributed by atoms with E-state index in [0.29, 0.717) is 5.56 Å². The van der Waals surface area contributed by atoms with Gasteiger partial charge < -0.3 is 15.3 Å². The Balaban J connectivity index is 3.21. The Morgan fingerprint density at radius 2 is 2.06 bits per heavy atom. The first-order valence-corrected chi connectivity index (χ1v) is 4.57. The summed E-state index contributed by atoms with van der Waals surface area (Å²) in [5, 5.41) is 36.1. The van der Waals surface area contributed by atoms with E-state index in [-0.39, 0.29) is 11.1 Å². The molecule has 0 bridgehead atoms. The zero-order valence-corrected chi connectivity index (χ0v) is 8.58. The van der Waals surface area contributed by atoms with E-state index in [1.165, 1.54) is 31.2 Å². The van der Waals surface area contributed by atoms with Gasteiger partial charge in [-0.2, -0.15) is 5.26 Å². The average molecular weight is 221 g/mol. The Labute approximate surface area is 92.2 Å². The minimum Gasteiger partial charge on any atom is -0.478 e. The van der Waals surface area contributed by atoms with Crippen molar-refractivity contribution in [2.75, 3.05) is 0 Å². The van der Waals surface area contributed by atoms with Crippen molar-refractivity contribution in [1.82, 2.24) is 0 Å². The molecule has 1 rings (SSSR count). The lowest BCUT2D eigenvalue weighted by Gasteiger charge is -2.15. The van der Waals surface area contributed by atoms with Crippen LogP contribution in [0.5, 0.6) is 0 Å². The molecule has 84 valence electrons. The third-order valence-corrected chi connectivity index (χ3v) is 2.36. The summed E-state index contributed by atoms with van der Waals surface area (Å²) >= 11 is 0. The monoisotopic (exact) mass is 221 g/mol. The molecule has 2 atom stereocenters. The largest absolute Gasteiger partial charge is 0.478 e. The van der Waals surface area contributed by atoms with Crippen LogP contribution in [0.1, 0.15) is 27.6 Å². The lowest BCUT2D eigenvalue weighted by Crippen LogP contribution is -2.17. The zero-order chi connectivity index (χ0) is 12.3. The molecule has 0 heterocycles. The van der Waals surface area contributed by atoms with Gasteiger partial charge in [-0.3, -0.25) is 0 Å². The SMILES string of the molecule is Cc1c(C(=O)O)cccc1C(O)C(O)C#N. The van der Waals surface area contributed by atoms with Gasteiger partial charge in [0, 0.05) is 0 Å². The van der Waals surface area contributed by atoms with Gasteiger partial charge in [0.2, 0.25) is 0 Å². The summed E-state index contributed by atoms with van der Waals surface area (Å²) in [5.41, 5.74) is 0.632. The predicted molar refractivity (Wildman–Crippen MR) is 54.7 cm³/mol. The van der Waals surface area contributed by atoms with Gasteiger partial charge in [-0.15, -0.1) is 0 Å². The van der Waals surface area contributed by atoms with Gasteiger partial charge in [0.25, 0.3) is 0 Å². The summed E-state index contributed by atoms with van der Waals surface area (Å²) in [6.45, 7) is 1.52. The number of rotatable bonds is 3. The highest BCUT2D eigenvalue weighted by molar-refractivity contribution is 5.89. The Bertz CT molecular complexity index is 450. The van der Waals surface area contributed by atoms with Crippen LogP contribution in [0.4, 0.5) is 0 Å². The third-order valence-electron chi connectivity index (χ3n) is 2.36. The van der Waals surface area contributed by atoms with Crippen LogP contribution in [-0.2, 0) is 0 Å². The number of carboxylic acid groups (broad SMARTS) is 1. The molecule has 16 heavy (non-hydrogen) atoms. The Hall–Kier alpha value is -1.90. The first kappa shape index (κ1) is 12.2. The number of aromatic carboxylic acids is 1. The van der Waals surface area contributed by atoms with E-state index in [4.69, 9.17) is 10.4 Å². The van der Waals surface area contributed by atoms with Gasteiger partial charge in [0.05, 0.1) is 11.6 Å². The molecular weight excluding hydrogens is 210 g/mol. The summed E-state index contributed by atoms with van der Waals surface area (Å²) in [7, 11) is 0. The van der Waals surface area contributed by atoms with E-state index in [1.54, 1.807) is 0 Å². The molecule has 0 aromatic heterocycles. The lowest BCUT2D eigenvalue weighted by molar-refractivity contribution is 0.0521. The second-order valence-electron chi connectivity index (χ2n) is 3.34. The van der Waals surface area contributed by atoms with E-state index < -0.39 is 18.2 Å². The number of hydrogen-bond acceptors (Lipinski definition) is 4. The van der Waals surface area contributed by atoms with Crippen molar-refractivity contribution in [2.45, 2.75) is 19.1 Å². The summed E-state index contributed by atoms with van der Waals surface area (Å²) in [4.78, 5) is 10.8. The number of nitriles is 1. The lowest BCUT2D eigenvalue weighted by atomic mass is 9.96. The number of aliphatic hydroxyl groups is 2. The van der Waals surface area contributed by atoms with Crippen molar-refractivity contribution in [3.63, 3.8) is 0 Å². The topological polar surface area (TPSA) is 102 Å². The van der Waals surface area contributed by atoms with E-state index in [0.717, 1.165) is 0 Å². The highest BCUT2D eigenvalue weighted by atomic mass is 16.4. The van der Waals surface area contributed by atoms with Crippen LogP contribution in [-0.4, -0.2) is 27.4 Å². The maximum Gasteiger partial charge on any atom is 0.335 e. The molecule has 0 aliphatic heterocycles. The third kappa shape index (κ3) is 2.19. The summed E-state index contributed by atoms with van der Waals surface area (Å²) in [6, 6.07) is 5.83. The molecule has 0 spiro atoms. The van der Waals surface area contributed by atoms with Crippen molar-refractivity contribution in [3.8, 4) is 6.07 Å². The van der Waals surface area contributed by atoms with Gasteiger partial charge in [0.1, 0.15) is 6.10 Å². The van der Waals surface area contributed by atoms with E-state index in [2.05, 4.69) is 0 Å². The fourth-order valence-electron chi connectivity index (χ4n) is 1.45. The molecule has 0 fully saturated rings. The van der Waals surface area contributed by atoms with Crippen LogP contribution in [0.25, 0.3) is 0 Å². The van der Waals surface area contributed by atoms with Gasteiger partial charge >= 0.3 is 5.97 Å². The smallest absolute Gasteiger partial charge is 0.335 e. The Morgan fingerprint density at radius 1 is 1.44 bits per heavy atom. The highest BCUT2D eigenvalue weighted by Crippen LogP contribution is 2.23. The van der Waals surface area contributed by atoms with Gasteiger partial charge in [-0.25, -0.2) is 4.79 Å². The second-order valence-corrected chi connectivity index (χ2v) is 3.34. The van der Waals surface area contributed by atoms with E-state index in [9.17, 15) is 15.0 Å². The van der Waals surface area contributed by atoms with E-state index >= 15 is 0 Å². The molecule has 1 aromatic rings. The second kappa shape index (κ2) is 4.75. The number of hydrogen-bond donors (Lipinski definition) is 3. The van der Waals surface area contributed by atoms with Crippen molar-refractivity contribution < 1.29 is 20.1 Å². The first-order valence-electron chi connectivity index (χ1n) is 4.57. The molecular formula is C11H11NO4. The number of benzene rings is 1. The van der Waals surface area contributed by atoms with Crippen LogP contribution >= 0.6 is 0 Å². The number of nitrogens with zero attached hydrogens (tertiary/aromatic N) is 1. The fourth-order valence-corrected chi connectivity index (χ4v) is 1.45. The number of carbonyl (C=O) groups is 1. The van der Waals surface area contributed by atoms with Crippen LogP contribution in [0.2, 0.25) is 0 Å². The van der Waals surface area contributed by atoms with Crippen LogP contribution in [0.15, 0.2) is 18.2 Å². The molecule has 0 saturated heterocycles. The summed E-state index contributed by atoms with van der Waals surface area (Å²) in [5.74, 6) is -1.11. The quantitative estimate of drug-likeness (QED) is 0.649. The normalized spacial score (nSPS) is 13.9. The Kier molecular flexibility index (Phi) is 3.61. The molecule has 0 aliphatic carbocycles.